The molecule has 0 bridgehead atoms. The van der Waals surface area contributed by atoms with Crippen molar-refractivity contribution in [2.24, 2.45) is 11.8 Å². The molecule has 2 N–H and O–H groups in total. The number of hydrogen-bond acceptors (Lipinski definition) is 2. The lowest BCUT2D eigenvalue weighted by Gasteiger charge is -2.34. The molecule has 20 heavy (non-hydrogen) atoms. The van der Waals surface area contributed by atoms with E-state index in [2.05, 4.69) is 10.6 Å². The number of carbonyl (C=O) groups excluding carboxylic acids is 1. The minimum absolute atomic E-state index is 0.0637. The molecule has 0 radical (unpaired) electrons. The molecular formula is C14H23F3N2O. The van der Waals surface area contributed by atoms with E-state index >= 15 is 0 Å². The fraction of sp³-hybridized carbons (Fsp3) is 0.929. The fourth-order valence-corrected chi connectivity index (χ4v) is 3.22. The average Bonchev–Trinajstić information content (AvgIpc) is 2.40. The molecule has 116 valence electrons. The van der Waals surface area contributed by atoms with E-state index in [0.717, 1.165) is 19.4 Å². The summed E-state index contributed by atoms with van der Waals surface area (Å²) >= 11 is 0. The lowest BCUT2D eigenvalue weighted by molar-refractivity contribution is -0.184. The van der Waals surface area contributed by atoms with Gasteiger partial charge in [-0.2, -0.15) is 13.2 Å². The Kier molecular flexibility index (Phi) is 4.94. The van der Waals surface area contributed by atoms with E-state index in [1.807, 2.05) is 6.92 Å². The molecule has 3 nitrogen and oxygen atoms in total. The molecule has 0 aromatic carbocycles. The number of hydrogen-bond donors (Lipinski definition) is 2. The predicted molar refractivity (Wildman–Crippen MR) is 70.1 cm³/mol. The molecule has 1 saturated heterocycles. The molecule has 0 spiro atoms. The van der Waals surface area contributed by atoms with Gasteiger partial charge in [-0.1, -0.05) is 0 Å². The highest BCUT2D eigenvalue weighted by Crippen LogP contribution is 2.39. The molecule has 6 heteroatoms. The smallest absolute Gasteiger partial charge is 0.352 e. The summed E-state index contributed by atoms with van der Waals surface area (Å²) < 4.78 is 37.8. The molecule has 0 aromatic rings. The van der Waals surface area contributed by atoms with Gasteiger partial charge in [0.2, 0.25) is 5.91 Å². The van der Waals surface area contributed by atoms with Gasteiger partial charge in [0.05, 0.1) is 5.92 Å². The molecule has 1 aliphatic heterocycles. The molecule has 2 unspecified atom stereocenters. The average molecular weight is 292 g/mol. The lowest BCUT2D eigenvalue weighted by atomic mass is 9.81. The van der Waals surface area contributed by atoms with E-state index < -0.39 is 12.1 Å². The van der Waals surface area contributed by atoms with Gasteiger partial charge >= 0.3 is 6.18 Å². The van der Waals surface area contributed by atoms with E-state index in [0.29, 0.717) is 12.8 Å². The molecule has 1 saturated carbocycles. The Labute approximate surface area is 117 Å². The summed E-state index contributed by atoms with van der Waals surface area (Å²) in [5.74, 6) is -1.53. The monoisotopic (exact) mass is 292 g/mol. The number of amides is 1. The van der Waals surface area contributed by atoms with Crippen LogP contribution in [0, 0.1) is 11.8 Å². The Balaban J connectivity index is 1.80. The standard InChI is InChI=1S/C14H23F3N2O/c1-9-12(3-2-8-18-9)19-13(20)10-4-6-11(7-5-10)14(15,16)17/h9-12,18H,2-8H2,1H3,(H,19,20). The van der Waals surface area contributed by atoms with Crippen molar-refractivity contribution in [1.29, 1.82) is 0 Å². The summed E-state index contributed by atoms with van der Waals surface area (Å²) in [5.41, 5.74) is 0. The second-order valence-electron chi connectivity index (χ2n) is 6.09. The number of nitrogens with one attached hydrogen (secondary N) is 2. The van der Waals surface area contributed by atoms with Crippen LogP contribution < -0.4 is 10.6 Å². The Morgan fingerprint density at radius 2 is 1.80 bits per heavy atom. The van der Waals surface area contributed by atoms with E-state index in [1.165, 1.54) is 0 Å². The summed E-state index contributed by atoms with van der Waals surface area (Å²) in [4.78, 5) is 12.1. The van der Waals surface area contributed by atoms with Gasteiger partial charge in [0.25, 0.3) is 0 Å². The third-order valence-corrected chi connectivity index (χ3v) is 4.65. The van der Waals surface area contributed by atoms with Gasteiger partial charge in [0.1, 0.15) is 0 Å². The van der Waals surface area contributed by atoms with Gasteiger partial charge in [0, 0.05) is 18.0 Å². The van der Waals surface area contributed by atoms with Gasteiger partial charge in [-0.3, -0.25) is 4.79 Å². The molecule has 2 rings (SSSR count). The molecule has 2 atom stereocenters. The third-order valence-electron chi connectivity index (χ3n) is 4.65. The van der Waals surface area contributed by atoms with Crippen LogP contribution in [0.3, 0.4) is 0 Å². The molecule has 2 aliphatic rings. The summed E-state index contributed by atoms with van der Waals surface area (Å²) in [5, 5.41) is 6.31. The van der Waals surface area contributed by atoms with Gasteiger partial charge in [-0.25, -0.2) is 0 Å². The lowest BCUT2D eigenvalue weighted by Crippen LogP contribution is -2.53. The maximum absolute atomic E-state index is 12.6. The summed E-state index contributed by atoms with van der Waals surface area (Å²) in [6.07, 6.45) is -1.27. The van der Waals surface area contributed by atoms with Crippen LogP contribution in [0.4, 0.5) is 13.2 Å². The second kappa shape index (κ2) is 6.33. The minimum Gasteiger partial charge on any atom is -0.352 e. The first-order valence-corrected chi connectivity index (χ1v) is 7.48. The van der Waals surface area contributed by atoms with Crippen LogP contribution >= 0.6 is 0 Å². The van der Waals surface area contributed by atoms with Crippen LogP contribution in [0.15, 0.2) is 0 Å². The first-order valence-electron chi connectivity index (χ1n) is 7.48. The highest BCUT2D eigenvalue weighted by Gasteiger charge is 2.42. The molecular weight excluding hydrogens is 269 g/mol. The molecule has 0 aromatic heterocycles. The zero-order valence-electron chi connectivity index (χ0n) is 11.8. The Bertz CT molecular complexity index is 338. The van der Waals surface area contributed by atoms with E-state index in [1.54, 1.807) is 0 Å². The second-order valence-corrected chi connectivity index (χ2v) is 6.09. The Morgan fingerprint density at radius 1 is 1.15 bits per heavy atom. The summed E-state index contributed by atoms with van der Waals surface area (Å²) in [6.45, 7) is 2.99. The Morgan fingerprint density at radius 3 is 2.35 bits per heavy atom. The van der Waals surface area contributed by atoms with Crippen molar-refractivity contribution >= 4 is 5.91 Å². The number of halogens is 3. The largest absolute Gasteiger partial charge is 0.391 e. The number of alkyl halides is 3. The van der Waals surface area contributed by atoms with E-state index in [9.17, 15) is 18.0 Å². The maximum Gasteiger partial charge on any atom is 0.391 e. The van der Waals surface area contributed by atoms with Crippen molar-refractivity contribution in [3.05, 3.63) is 0 Å². The zero-order valence-corrected chi connectivity index (χ0v) is 11.8. The van der Waals surface area contributed by atoms with Crippen LogP contribution in [0.5, 0.6) is 0 Å². The molecule has 1 amide bonds. The van der Waals surface area contributed by atoms with Crippen LogP contribution in [0.25, 0.3) is 0 Å². The quantitative estimate of drug-likeness (QED) is 0.821. The van der Waals surface area contributed by atoms with Gasteiger partial charge in [-0.05, 0) is 52.0 Å². The van der Waals surface area contributed by atoms with Gasteiger partial charge < -0.3 is 10.6 Å². The zero-order chi connectivity index (χ0) is 14.8. The van der Waals surface area contributed by atoms with Crippen molar-refractivity contribution < 1.29 is 18.0 Å². The van der Waals surface area contributed by atoms with Crippen molar-refractivity contribution in [3.63, 3.8) is 0 Å². The highest BCUT2D eigenvalue weighted by molar-refractivity contribution is 5.79. The van der Waals surface area contributed by atoms with Crippen molar-refractivity contribution in [3.8, 4) is 0 Å². The van der Waals surface area contributed by atoms with E-state index in [-0.39, 0.29) is 36.8 Å². The minimum atomic E-state index is -4.11. The number of rotatable bonds is 2. The molecule has 1 heterocycles. The number of carbonyl (C=O) groups is 1. The molecule has 1 aliphatic carbocycles. The van der Waals surface area contributed by atoms with Crippen molar-refractivity contribution in [2.45, 2.75) is 63.7 Å². The van der Waals surface area contributed by atoms with Gasteiger partial charge in [0.15, 0.2) is 0 Å². The fourth-order valence-electron chi connectivity index (χ4n) is 3.22. The van der Waals surface area contributed by atoms with Crippen molar-refractivity contribution in [2.75, 3.05) is 6.54 Å². The van der Waals surface area contributed by atoms with E-state index in [4.69, 9.17) is 0 Å². The Hall–Kier alpha value is -0.780. The summed E-state index contributed by atoms with van der Waals surface area (Å²) in [7, 11) is 0. The van der Waals surface area contributed by atoms with Gasteiger partial charge in [-0.15, -0.1) is 0 Å². The van der Waals surface area contributed by atoms with Crippen LogP contribution in [-0.4, -0.2) is 30.7 Å². The topological polar surface area (TPSA) is 41.1 Å². The first kappa shape index (κ1) is 15.6. The van der Waals surface area contributed by atoms with Crippen LogP contribution in [0.2, 0.25) is 0 Å². The first-order chi connectivity index (χ1) is 9.38. The van der Waals surface area contributed by atoms with Crippen LogP contribution in [-0.2, 0) is 4.79 Å². The third kappa shape index (κ3) is 3.87. The normalized spacial score (nSPS) is 35.6. The van der Waals surface area contributed by atoms with Crippen LogP contribution in [0.1, 0.15) is 45.4 Å². The highest BCUT2D eigenvalue weighted by atomic mass is 19.4. The van der Waals surface area contributed by atoms with Crippen molar-refractivity contribution in [1.82, 2.24) is 10.6 Å². The molecule has 2 fully saturated rings. The maximum atomic E-state index is 12.6. The SMILES string of the molecule is CC1NCCCC1NC(=O)C1CCC(C(F)(F)F)CC1. The summed E-state index contributed by atoms with van der Waals surface area (Å²) in [6, 6.07) is 0.343. The number of piperidine rings is 1. The predicted octanol–water partition coefficient (Wildman–Crippen LogP) is 2.61.